The first-order valence-electron chi connectivity index (χ1n) is 9.22. The van der Waals surface area contributed by atoms with Crippen LogP contribution in [-0.2, 0) is 22.0 Å². The first kappa shape index (κ1) is 17.7. The maximum atomic E-state index is 14.2. The van der Waals surface area contributed by atoms with Crippen LogP contribution in [0.2, 0.25) is 0 Å². The van der Waals surface area contributed by atoms with Gasteiger partial charge in [-0.25, -0.2) is 4.39 Å². The second kappa shape index (κ2) is 6.48. The summed E-state index contributed by atoms with van der Waals surface area (Å²) in [7, 11) is 3.33. The lowest BCUT2D eigenvalue weighted by atomic mass is 9.75. The molecule has 5 heteroatoms. The fourth-order valence-corrected chi connectivity index (χ4v) is 4.63. The third-order valence-electron chi connectivity index (χ3n) is 6.12. The summed E-state index contributed by atoms with van der Waals surface area (Å²) in [5.74, 6) is -0.339. The molecule has 0 spiro atoms. The molecule has 0 bridgehead atoms. The van der Waals surface area contributed by atoms with Crippen molar-refractivity contribution in [3.63, 3.8) is 0 Å². The first-order valence-corrected chi connectivity index (χ1v) is 9.22. The highest BCUT2D eigenvalue weighted by Crippen LogP contribution is 2.50. The van der Waals surface area contributed by atoms with Gasteiger partial charge in [0.15, 0.2) is 0 Å². The summed E-state index contributed by atoms with van der Waals surface area (Å²) in [5.41, 5.74) is 2.76. The fraction of sp³-hybridized carbons (Fsp3) is 0.364. The van der Waals surface area contributed by atoms with E-state index >= 15 is 0 Å². The lowest BCUT2D eigenvalue weighted by molar-refractivity contribution is -0.147. The SMILES string of the molecule is COC(=O)[C@@]1(c2cccc(F)c2C)CCC(c2ccc3c(cnn3C)c2)C1. The van der Waals surface area contributed by atoms with Crippen molar-refractivity contribution < 1.29 is 13.9 Å². The minimum absolute atomic E-state index is 0.219. The second-order valence-corrected chi connectivity index (χ2v) is 7.51. The third-order valence-corrected chi connectivity index (χ3v) is 6.12. The van der Waals surface area contributed by atoms with Crippen molar-refractivity contribution in [2.75, 3.05) is 7.11 Å². The molecule has 0 saturated heterocycles. The quantitative estimate of drug-likeness (QED) is 0.646. The van der Waals surface area contributed by atoms with Gasteiger partial charge in [0.05, 0.1) is 24.2 Å². The highest BCUT2D eigenvalue weighted by molar-refractivity contribution is 5.85. The molecule has 1 aliphatic rings. The summed E-state index contributed by atoms with van der Waals surface area (Å²) in [4.78, 5) is 12.8. The van der Waals surface area contributed by atoms with Crippen molar-refractivity contribution in [1.29, 1.82) is 0 Å². The van der Waals surface area contributed by atoms with Gasteiger partial charge in [-0.2, -0.15) is 5.10 Å². The molecule has 2 atom stereocenters. The first-order chi connectivity index (χ1) is 13.0. The molecule has 0 radical (unpaired) electrons. The number of carbonyl (C=O) groups excluding carboxylic acids is 1. The van der Waals surface area contributed by atoms with Crippen LogP contribution < -0.4 is 0 Å². The number of hydrogen-bond donors (Lipinski definition) is 0. The van der Waals surface area contributed by atoms with Gasteiger partial charge < -0.3 is 4.74 Å². The molecule has 2 aromatic carbocycles. The van der Waals surface area contributed by atoms with Gasteiger partial charge in [-0.3, -0.25) is 9.48 Å². The monoisotopic (exact) mass is 366 g/mol. The minimum Gasteiger partial charge on any atom is -0.468 e. The van der Waals surface area contributed by atoms with Crippen molar-refractivity contribution in [2.24, 2.45) is 7.05 Å². The molecule has 4 nitrogen and oxygen atoms in total. The van der Waals surface area contributed by atoms with Crippen molar-refractivity contribution in [2.45, 2.75) is 37.5 Å². The molecular weight excluding hydrogens is 343 g/mol. The van der Waals surface area contributed by atoms with Crippen LogP contribution in [0, 0.1) is 12.7 Å². The van der Waals surface area contributed by atoms with Crippen molar-refractivity contribution >= 4 is 16.9 Å². The lowest BCUT2D eigenvalue weighted by Crippen LogP contribution is -2.35. The molecule has 0 aliphatic heterocycles. The Labute approximate surface area is 157 Å². The van der Waals surface area contributed by atoms with Crippen LogP contribution in [-0.4, -0.2) is 22.9 Å². The van der Waals surface area contributed by atoms with E-state index in [0.717, 1.165) is 22.9 Å². The molecule has 1 fully saturated rings. The zero-order chi connectivity index (χ0) is 19.2. The van der Waals surface area contributed by atoms with Gasteiger partial charge in [0.1, 0.15) is 5.82 Å². The highest BCUT2D eigenvalue weighted by atomic mass is 19.1. The third kappa shape index (κ3) is 2.73. The number of aryl methyl sites for hydroxylation is 1. The molecule has 27 heavy (non-hydrogen) atoms. The average molecular weight is 366 g/mol. The molecule has 1 aliphatic carbocycles. The Kier molecular flexibility index (Phi) is 4.25. The number of hydrogen-bond acceptors (Lipinski definition) is 3. The summed E-state index contributed by atoms with van der Waals surface area (Å²) in [5, 5.41) is 5.39. The van der Waals surface area contributed by atoms with E-state index in [2.05, 4.69) is 23.3 Å². The van der Waals surface area contributed by atoms with Gasteiger partial charge in [0.25, 0.3) is 0 Å². The van der Waals surface area contributed by atoms with Gasteiger partial charge in [-0.05, 0) is 67.0 Å². The molecule has 0 amide bonds. The summed E-state index contributed by atoms with van der Waals surface area (Å²) >= 11 is 0. The molecule has 1 aromatic heterocycles. The molecule has 1 unspecified atom stereocenters. The van der Waals surface area contributed by atoms with Crippen molar-refractivity contribution in [3.05, 3.63) is 65.1 Å². The van der Waals surface area contributed by atoms with Crippen LogP contribution in [0.4, 0.5) is 4.39 Å². The van der Waals surface area contributed by atoms with Crippen LogP contribution in [0.1, 0.15) is 41.9 Å². The molecule has 0 N–H and O–H groups in total. The molecular formula is C22H23FN2O2. The number of benzene rings is 2. The van der Waals surface area contributed by atoms with Gasteiger partial charge in [-0.1, -0.05) is 18.2 Å². The predicted molar refractivity (Wildman–Crippen MR) is 102 cm³/mol. The van der Waals surface area contributed by atoms with Gasteiger partial charge in [0.2, 0.25) is 0 Å². The van der Waals surface area contributed by atoms with E-state index in [1.165, 1.54) is 18.7 Å². The largest absolute Gasteiger partial charge is 0.468 e. The summed E-state index contributed by atoms with van der Waals surface area (Å²) < 4.78 is 21.2. The van der Waals surface area contributed by atoms with Crippen molar-refractivity contribution in [1.82, 2.24) is 9.78 Å². The Morgan fingerprint density at radius 2 is 2.15 bits per heavy atom. The number of methoxy groups -OCH3 is 1. The zero-order valence-electron chi connectivity index (χ0n) is 15.8. The Balaban J connectivity index is 1.75. The second-order valence-electron chi connectivity index (χ2n) is 7.51. The van der Waals surface area contributed by atoms with Gasteiger partial charge in [-0.15, -0.1) is 0 Å². The number of ether oxygens (including phenoxy) is 1. The van der Waals surface area contributed by atoms with Crippen LogP contribution in [0.25, 0.3) is 10.9 Å². The van der Waals surface area contributed by atoms with E-state index < -0.39 is 5.41 Å². The summed E-state index contributed by atoms with van der Waals surface area (Å²) in [6.45, 7) is 1.74. The van der Waals surface area contributed by atoms with E-state index in [4.69, 9.17) is 4.74 Å². The van der Waals surface area contributed by atoms with Crippen LogP contribution in [0.5, 0.6) is 0 Å². The summed E-state index contributed by atoms with van der Waals surface area (Å²) in [6.07, 6.45) is 3.99. The van der Waals surface area contributed by atoms with E-state index in [9.17, 15) is 9.18 Å². The number of esters is 1. The Bertz CT molecular complexity index is 1030. The predicted octanol–water partition coefficient (Wildman–Crippen LogP) is 4.40. The van der Waals surface area contributed by atoms with E-state index in [0.29, 0.717) is 18.4 Å². The fourth-order valence-electron chi connectivity index (χ4n) is 4.63. The standard InChI is InChI=1S/C22H23FN2O2/c1-14-18(5-4-6-19(14)23)22(21(26)27-3)10-9-16(12-22)15-7-8-20-17(11-15)13-24-25(20)2/h4-8,11,13,16H,9-10,12H2,1-3H3/t16?,22-/m0/s1. The molecule has 4 rings (SSSR count). The molecule has 3 aromatic rings. The topological polar surface area (TPSA) is 44.1 Å². The number of nitrogens with zero attached hydrogens (tertiary/aromatic N) is 2. The Morgan fingerprint density at radius 3 is 2.93 bits per heavy atom. The Morgan fingerprint density at radius 1 is 1.33 bits per heavy atom. The number of carbonyl (C=O) groups is 1. The highest BCUT2D eigenvalue weighted by Gasteiger charge is 2.49. The zero-order valence-corrected chi connectivity index (χ0v) is 15.8. The van der Waals surface area contributed by atoms with Crippen LogP contribution >= 0.6 is 0 Å². The maximum absolute atomic E-state index is 14.2. The number of aromatic nitrogens is 2. The van der Waals surface area contributed by atoms with Crippen LogP contribution in [0.3, 0.4) is 0 Å². The lowest BCUT2D eigenvalue weighted by Gasteiger charge is -2.29. The van der Waals surface area contributed by atoms with E-state index in [1.54, 1.807) is 13.0 Å². The van der Waals surface area contributed by atoms with Gasteiger partial charge >= 0.3 is 5.97 Å². The molecule has 140 valence electrons. The van der Waals surface area contributed by atoms with Crippen LogP contribution in [0.15, 0.2) is 42.6 Å². The smallest absolute Gasteiger partial charge is 0.316 e. The minimum atomic E-state index is -0.796. The van der Waals surface area contributed by atoms with Gasteiger partial charge in [0, 0.05) is 12.4 Å². The summed E-state index contributed by atoms with van der Waals surface area (Å²) in [6, 6.07) is 11.3. The van der Waals surface area contributed by atoms with Crippen molar-refractivity contribution in [3.8, 4) is 0 Å². The number of fused-ring (bicyclic) bond motifs is 1. The average Bonchev–Trinajstić information content (AvgIpc) is 3.28. The number of halogens is 1. The van der Waals surface area contributed by atoms with E-state index in [1.807, 2.05) is 24.0 Å². The van der Waals surface area contributed by atoms with E-state index in [-0.39, 0.29) is 17.7 Å². The maximum Gasteiger partial charge on any atom is 0.316 e. The Hall–Kier alpha value is -2.69. The molecule has 1 heterocycles. The molecule has 1 saturated carbocycles. The number of rotatable bonds is 3. The normalized spacial score (nSPS) is 22.3.